The van der Waals surface area contributed by atoms with Crippen LogP contribution in [0.25, 0.3) is 27.0 Å². The minimum atomic E-state index is -0.328. The van der Waals surface area contributed by atoms with Crippen LogP contribution in [0.15, 0.2) is 68.8 Å². The zero-order chi connectivity index (χ0) is 21.5. The molecule has 0 saturated carbocycles. The van der Waals surface area contributed by atoms with Gasteiger partial charge in [0.25, 0.3) is 11.1 Å². The van der Waals surface area contributed by atoms with Gasteiger partial charge in [0.1, 0.15) is 16.3 Å². The molecule has 0 aliphatic rings. The highest BCUT2D eigenvalue weighted by Gasteiger charge is 2.14. The molecule has 0 radical (unpaired) electrons. The first-order chi connectivity index (χ1) is 15.0. The second-order valence-electron chi connectivity index (χ2n) is 6.97. The number of halogens is 1. The van der Waals surface area contributed by atoms with Crippen molar-refractivity contribution in [2.24, 2.45) is 0 Å². The van der Waals surface area contributed by atoms with Gasteiger partial charge in [-0.25, -0.2) is 14.4 Å². The molecule has 154 valence electrons. The van der Waals surface area contributed by atoms with E-state index in [0.717, 1.165) is 16.7 Å². The van der Waals surface area contributed by atoms with Gasteiger partial charge in [-0.2, -0.15) is 0 Å². The molecule has 0 atom stereocenters. The largest absolute Gasteiger partial charge is 0.301 e. The zero-order valence-corrected chi connectivity index (χ0v) is 17.9. The first-order valence-corrected chi connectivity index (χ1v) is 11.2. The van der Waals surface area contributed by atoms with Crippen molar-refractivity contribution < 1.29 is 4.39 Å². The number of nitrogens with one attached hydrogen (secondary N) is 1. The molecule has 4 aromatic heterocycles. The number of thiophene rings is 1. The minimum absolute atomic E-state index is 0.150. The van der Waals surface area contributed by atoms with Crippen molar-refractivity contribution in [3.05, 3.63) is 91.8 Å². The second-order valence-corrected chi connectivity index (χ2v) is 8.79. The molecule has 5 aromatic rings. The Morgan fingerprint density at radius 1 is 1.16 bits per heavy atom. The van der Waals surface area contributed by atoms with Gasteiger partial charge in [0.2, 0.25) is 0 Å². The molecule has 0 spiro atoms. The lowest BCUT2D eigenvalue weighted by Crippen LogP contribution is -2.16. The van der Waals surface area contributed by atoms with Gasteiger partial charge in [-0.3, -0.25) is 14.0 Å². The zero-order valence-electron chi connectivity index (χ0n) is 16.3. The summed E-state index contributed by atoms with van der Waals surface area (Å²) in [4.78, 5) is 37.7. The van der Waals surface area contributed by atoms with Crippen LogP contribution < -0.4 is 11.1 Å². The van der Waals surface area contributed by atoms with Gasteiger partial charge in [-0.1, -0.05) is 30.0 Å². The van der Waals surface area contributed by atoms with E-state index in [9.17, 15) is 14.0 Å². The number of aromatic nitrogens is 4. The van der Waals surface area contributed by atoms with Crippen molar-refractivity contribution in [3.63, 3.8) is 0 Å². The van der Waals surface area contributed by atoms with Crippen LogP contribution >= 0.6 is 23.1 Å². The molecule has 1 N–H and O–H groups in total. The Hall–Kier alpha value is -3.30. The molecular formula is C22H15FN4O2S2. The summed E-state index contributed by atoms with van der Waals surface area (Å²) in [5.41, 5.74) is 3.22. The summed E-state index contributed by atoms with van der Waals surface area (Å²) in [5, 5.41) is 2.79. The molecule has 9 heteroatoms. The van der Waals surface area contributed by atoms with Crippen molar-refractivity contribution in [3.8, 4) is 11.1 Å². The number of hydrogen-bond donors (Lipinski definition) is 1. The first kappa shape index (κ1) is 19.7. The van der Waals surface area contributed by atoms with E-state index in [1.807, 2.05) is 24.4 Å². The van der Waals surface area contributed by atoms with Crippen LogP contribution in [-0.2, 0) is 5.75 Å². The third-order valence-electron chi connectivity index (χ3n) is 4.87. The van der Waals surface area contributed by atoms with Gasteiger partial charge >= 0.3 is 0 Å². The fraction of sp³-hybridized carbons (Fsp3) is 0.0909. The summed E-state index contributed by atoms with van der Waals surface area (Å²) in [6, 6.07) is 11.2. The minimum Gasteiger partial charge on any atom is -0.301 e. The molecule has 0 amide bonds. The van der Waals surface area contributed by atoms with E-state index >= 15 is 0 Å². The Balaban J connectivity index is 1.46. The number of H-pyrrole nitrogens is 1. The van der Waals surface area contributed by atoms with Gasteiger partial charge in [0.05, 0.1) is 11.1 Å². The Morgan fingerprint density at radius 2 is 1.97 bits per heavy atom. The number of hydrogen-bond acceptors (Lipinski definition) is 6. The third-order valence-corrected chi connectivity index (χ3v) is 6.65. The Morgan fingerprint density at radius 3 is 2.77 bits per heavy atom. The average molecular weight is 451 g/mol. The quantitative estimate of drug-likeness (QED) is 0.324. The van der Waals surface area contributed by atoms with Gasteiger partial charge in [-0.15, -0.1) is 11.3 Å². The van der Waals surface area contributed by atoms with Crippen LogP contribution in [0.3, 0.4) is 0 Å². The molecule has 6 nitrogen and oxygen atoms in total. The molecular weight excluding hydrogens is 435 g/mol. The van der Waals surface area contributed by atoms with E-state index in [1.165, 1.54) is 45.7 Å². The van der Waals surface area contributed by atoms with E-state index in [4.69, 9.17) is 0 Å². The number of rotatable bonds is 4. The number of thioether (sulfide) groups is 1. The average Bonchev–Trinajstić information content (AvgIpc) is 3.18. The maximum Gasteiger partial charge on any atom is 0.260 e. The predicted octanol–water partition coefficient (Wildman–Crippen LogP) is 4.40. The Kier molecular flexibility index (Phi) is 4.91. The fourth-order valence-corrected chi connectivity index (χ4v) is 5.12. The summed E-state index contributed by atoms with van der Waals surface area (Å²) < 4.78 is 14.7. The van der Waals surface area contributed by atoms with Crippen molar-refractivity contribution in [2.75, 3.05) is 0 Å². The topological polar surface area (TPSA) is 80.1 Å². The highest BCUT2D eigenvalue weighted by molar-refractivity contribution is 7.98. The third kappa shape index (κ3) is 3.66. The van der Waals surface area contributed by atoms with Crippen molar-refractivity contribution in [1.82, 2.24) is 19.4 Å². The molecule has 31 heavy (non-hydrogen) atoms. The lowest BCUT2D eigenvalue weighted by atomic mass is 10.1. The maximum absolute atomic E-state index is 13.2. The number of nitrogens with zero attached hydrogens (tertiary/aromatic N) is 3. The fourth-order valence-electron chi connectivity index (χ4n) is 3.36. The van der Waals surface area contributed by atoms with Crippen molar-refractivity contribution >= 4 is 39.0 Å². The molecule has 0 aliphatic carbocycles. The van der Waals surface area contributed by atoms with Crippen LogP contribution in [0.4, 0.5) is 4.39 Å². The van der Waals surface area contributed by atoms with Gasteiger partial charge in [0.15, 0.2) is 5.16 Å². The van der Waals surface area contributed by atoms with E-state index < -0.39 is 0 Å². The number of fused-ring (bicyclic) bond motifs is 2. The molecule has 0 saturated heterocycles. The highest BCUT2D eigenvalue weighted by Crippen LogP contribution is 2.31. The van der Waals surface area contributed by atoms with Gasteiger partial charge in [-0.05, 0) is 36.2 Å². The molecule has 1 aromatic carbocycles. The molecule has 0 fully saturated rings. The standard InChI is InChI=1S/C22H15FN4O2S2/c1-12-3-2-8-27-17(28)9-15(24-19(12)27)10-31-22-25-20(29)18-16(11-30-21(18)26-22)13-4-6-14(23)7-5-13/h2-9,11H,10H2,1H3,(H,25,26,29). The summed E-state index contributed by atoms with van der Waals surface area (Å²) in [6.07, 6.45) is 1.69. The van der Waals surface area contributed by atoms with Crippen LogP contribution in [0.2, 0.25) is 0 Å². The van der Waals surface area contributed by atoms with Gasteiger partial charge < -0.3 is 4.98 Å². The lowest BCUT2D eigenvalue weighted by Gasteiger charge is -2.06. The second kappa shape index (κ2) is 7.75. The van der Waals surface area contributed by atoms with Crippen LogP contribution in [0.5, 0.6) is 0 Å². The van der Waals surface area contributed by atoms with Gasteiger partial charge in [0, 0.05) is 29.0 Å². The summed E-state index contributed by atoms with van der Waals surface area (Å²) >= 11 is 2.67. The maximum atomic E-state index is 13.2. The van der Waals surface area contributed by atoms with E-state index in [-0.39, 0.29) is 16.9 Å². The normalized spacial score (nSPS) is 11.4. The van der Waals surface area contributed by atoms with E-state index in [1.54, 1.807) is 18.3 Å². The van der Waals surface area contributed by atoms with Crippen molar-refractivity contribution in [1.29, 1.82) is 0 Å². The van der Waals surface area contributed by atoms with Crippen LogP contribution in [-0.4, -0.2) is 19.4 Å². The van der Waals surface area contributed by atoms with Crippen LogP contribution in [0, 0.1) is 12.7 Å². The monoisotopic (exact) mass is 450 g/mol. The molecule has 0 unspecified atom stereocenters. The van der Waals surface area contributed by atoms with Crippen LogP contribution in [0.1, 0.15) is 11.3 Å². The first-order valence-electron chi connectivity index (χ1n) is 9.38. The molecule has 4 heterocycles. The van der Waals surface area contributed by atoms with Crippen molar-refractivity contribution in [2.45, 2.75) is 17.8 Å². The number of aromatic amines is 1. The van der Waals surface area contributed by atoms with E-state index in [2.05, 4.69) is 15.0 Å². The highest BCUT2D eigenvalue weighted by atomic mass is 32.2. The SMILES string of the molecule is Cc1cccn2c(=O)cc(CSc3nc4scc(-c5ccc(F)cc5)c4c(=O)[nH]3)nc12. The lowest BCUT2D eigenvalue weighted by molar-refractivity contribution is 0.628. The molecule has 0 bridgehead atoms. The number of benzene rings is 1. The summed E-state index contributed by atoms with van der Waals surface area (Å²) in [5.74, 6) is 0.0659. The predicted molar refractivity (Wildman–Crippen MR) is 121 cm³/mol. The summed E-state index contributed by atoms with van der Waals surface area (Å²) in [6.45, 7) is 1.90. The Bertz CT molecular complexity index is 1550. The van der Waals surface area contributed by atoms with E-state index in [0.29, 0.717) is 32.5 Å². The number of pyridine rings is 1. The number of aryl methyl sites for hydroxylation is 1. The molecule has 5 rings (SSSR count). The molecule has 0 aliphatic heterocycles. The summed E-state index contributed by atoms with van der Waals surface area (Å²) in [7, 11) is 0. The Labute approximate surface area is 183 Å². The smallest absolute Gasteiger partial charge is 0.260 e.